The van der Waals surface area contributed by atoms with E-state index >= 15 is 4.39 Å². The van der Waals surface area contributed by atoms with Gasteiger partial charge in [0.25, 0.3) is 10.0 Å². The summed E-state index contributed by atoms with van der Waals surface area (Å²) >= 11 is 1.47. The minimum atomic E-state index is -4.33. The molecular formula is C36H40FN3O5S2. The van der Waals surface area contributed by atoms with Crippen LogP contribution >= 0.6 is 11.8 Å². The maximum atomic E-state index is 15.1. The second-order valence-corrected chi connectivity index (χ2v) is 13.4. The number of nitrogens with zero attached hydrogens (tertiary/aromatic N) is 2. The second kappa shape index (κ2) is 17.0. The first-order valence-corrected chi connectivity index (χ1v) is 18.1. The molecule has 0 radical (unpaired) electrons. The maximum absolute atomic E-state index is 15.1. The van der Waals surface area contributed by atoms with E-state index in [1.165, 1.54) is 34.9 Å². The van der Waals surface area contributed by atoms with E-state index < -0.39 is 40.2 Å². The van der Waals surface area contributed by atoms with Crippen LogP contribution in [0.25, 0.3) is 0 Å². The molecule has 0 spiro atoms. The minimum absolute atomic E-state index is 0.0171. The number of carbonyl (C=O) groups excluding carboxylic acids is 2. The third-order valence-corrected chi connectivity index (χ3v) is 10.00. The Morgan fingerprint density at radius 1 is 0.894 bits per heavy atom. The first-order chi connectivity index (χ1) is 22.7. The summed E-state index contributed by atoms with van der Waals surface area (Å²) in [4.78, 5) is 30.5. The normalized spacial score (nSPS) is 11.8. The SMILES string of the molecule is CCCNC(=O)[C@H](Cc1ccccc1)N(Cc1ccccc1F)C(=O)CN(c1ccccc1OCC)S(=O)(=O)c1ccc(SC)cc1. The summed E-state index contributed by atoms with van der Waals surface area (Å²) in [5.74, 6) is -1.37. The average Bonchev–Trinajstić information content (AvgIpc) is 3.09. The van der Waals surface area contributed by atoms with Crippen molar-refractivity contribution in [1.82, 2.24) is 10.2 Å². The summed E-state index contributed by atoms with van der Waals surface area (Å²) in [6.45, 7) is 3.40. The molecule has 0 saturated carbocycles. The highest BCUT2D eigenvalue weighted by Gasteiger charge is 2.35. The van der Waals surface area contributed by atoms with E-state index in [1.54, 1.807) is 61.5 Å². The number of benzene rings is 4. The predicted molar refractivity (Wildman–Crippen MR) is 185 cm³/mol. The lowest BCUT2D eigenvalue weighted by molar-refractivity contribution is -0.140. The van der Waals surface area contributed by atoms with E-state index in [2.05, 4.69) is 5.32 Å². The van der Waals surface area contributed by atoms with Gasteiger partial charge in [-0.15, -0.1) is 11.8 Å². The number of halogens is 1. The van der Waals surface area contributed by atoms with Crippen LogP contribution in [0.2, 0.25) is 0 Å². The molecule has 248 valence electrons. The molecule has 8 nitrogen and oxygen atoms in total. The minimum Gasteiger partial charge on any atom is -0.492 e. The Hall–Kier alpha value is -4.35. The highest BCUT2D eigenvalue weighted by Crippen LogP contribution is 2.33. The highest BCUT2D eigenvalue weighted by atomic mass is 32.2. The van der Waals surface area contributed by atoms with Gasteiger partial charge < -0.3 is 15.0 Å². The van der Waals surface area contributed by atoms with Gasteiger partial charge in [0.2, 0.25) is 11.8 Å². The van der Waals surface area contributed by atoms with Crippen molar-refractivity contribution in [3.8, 4) is 5.75 Å². The van der Waals surface area contributed by atoms with Gasteiger partial charge in [-0.25, -0.2) is 12.8 Å². The quantitative estimate of drug-likeness (QED) is 0.140. The van der Waals surface area contributed by atoms with Crippen LogP contribution in [0.15, 0.2) is 113 Å². The number of rotatable bonds is 16. The van der Waals surface area contributed by atoms with E-state index in [-0.39, 0.29) is 41.5 Å². The number of sulfonamides is 1. The standard InChI is InChI=1S/C36H40FN3O5S2/c1-4-23-38-36(42)33(24-27-13-7-6-8-14-27)39(25-28-15-9-10-16-31(28)37)35(41)26-40(32-17-11-12-18-34(32)45-5-2)47(43,44)30-21-19-29(46-3)20-22-30/h6-22,33H,4-5,23-26H2,1-3H3,(H,38,42)/t33-/m0/s1. The second-order valence-electron chi connectivity index (χ2n) is 10.7. The van der Waals surface area contributed by atoms with Crippen LogP contribution < -0.4 is 14.4 Å². The van der Waals surface area contributed by atoms with Gasteiger partial charge in [-0.1, -0.05) is 67.6 Å². The fraction of sp³-hybridized carbons (Fsp3) is 0.278. The molecule has 1 N–H and O–H groups in total. The first-order valence-electron chi connectivity index (χ1n) is 15.4. The van der Waals surface area contributed by atoms with Crippen molar-refractivity contribution in [1.29, 1.82) is 0 Å². The van der Waals surface area contributed by atoms with E-state index in [1.807, 2.05) is 43.5 Å². The van der Waals surface area contributed by atoms with E-state index in [9.17, 15) is 18.0 Å². The van der Waals surface area contributed by atoms with Crippen molar-refractivity contribution in [2.75, 3.05) is 30.3 Å². The van der Waals surface area contributed by atoms with Gasteiger partial charge >= 0.3 is 0 Å². The fourth-order valence-electron chi connectivity index (χ4n) is 5.06. The summed E-state index contributed by atoms with van der Waals surface area (Å²) in [6, 6.07) is 27.1. The van der Waals surface area contributed by atoms with Gasteiger partial charge in [0, 0.05) is 30.0 Å². The molecular weight excluding hydrogens is 638 g/mol. The molecule has 2 amide bonds. The molecule has 0 fully saturated rings. The van der Waals surface area contributed by atoms with E-state index in [0.717, 1.165) is 14.8 Å². The lowest BCUT2D eigenvalue weighted by atomic mass is 10.0. The van der Waals surface area contributed by atoms with Crippen LogP contribution in [-0.4, -0.2) is 57.1 Å². The summed E-state index contributed by atoms with van der Waals surface area (Å²) < 4.78 is 50.6. The van der Waals surface area contributed by atoms with Crippen LogP contribution in [-0.2, 0) is 32.6 Å². The smallest absolute Gasteiger partial charge is 0.264 e. The number of anilines is 1. The summed E-state index contributed by atoms with van der Waals surface area (Å²) in [7, 11) is -4.33. The third-order valence-electron chi connectivity index (χ3n) is 7.48. The molecule has 0 aliphatic rings. The molecule has 0 aromatic heterocycles. The number of ether oxygens (including phenoxy) is 1. The Morgan fingerprint density at radius 2 is 1.55 bits per heavy atom. The molecule has 0 aliphatic carbocycles. The third kappa shape index (κ3) is 9.14. The predicted octanol–water partition coefficient (Wildman–Crippen LogP) is 6.31. The van der Waals surface area contributed by atoms with Crippen molar-refractivity contribution in [2.24, 2.45) is 0 Å². The van der Waals surface area contributed by atoms with Gasteiger partial charge in [-0.3, -0.25) is 13.9 Å². The lowest BCUT2D eigenvalue weighted by Gasteiger charge is -2.34. The van der Waals surface area contributed by atoms with Gasteiger partial charge in [-0.2, -0.15) is 0 Å². The van der Waals surface area contributed by atoms with Crippen molar-refractivity contribution in [3.05, 3.63) is 120 Å². The average molecular weight is 678 g/mol. The Kier molecular flexibility index (Phi) is 12.8. The van der Waals surface area contributed by atoms with E-state index in [4.69, 9.17) is 4.74 Å². The topological polar surface area (TPSA) is 96.0 Å². The monoisotopic (exact) mass is 677 g/mol. The van der Waals surface area contributed by atoms with Gasteiger partial charge in [0.05, 0.1) is 17.2 Å². The van der Waals surface area contributed by atoms with Crippen LogP contribution in [0, 0.1) is 5.82 Å². The van der Waals surface area contributed by atoms with Crippen molar-refractivity contribution < 1.29 is 27.1 Å². The maximum Gasteiger partial charge on any atom is 0.264 e. The summed E-state index contributed by atoms with van der Waals surface area (Å²) in [5, 5.41) is 2.89. The molecule has 4 rings (SSSR count). The Morgan fingerprint density at radius 3 is 2.21 bits per heavy atom. The molecule has 0 unspecified atom stereocenters. The summed E-state index contributed by atoms with van der Waals surface area (Å²) in [5.41, 5.74) is 1.15. The van der Waals surface area contributed by atoms with E-state index in [0.29, 0.717) is 13.0 Å². The fourth-order valence-corrected chi connectivity index (χ4v) is 6.89. The van der Waals surface area contributed by atoms with Gasteiger partial charge in [0.1, 0.15) is 24.2 Å². The zero-order chi connectivity index (χ0) is 33.8. The number of thioether (sulfide) groups is 1. The molecule has 47 heavy (non-hydrogen) atoms. The molecule has 4 aromatic rings. The molecule has 0 saturated heterocycles. The first kappa shape index (κ1) is 35.5. The highest BCUT2D eigenvalue weighted by molar-refractivity contribution is 7.98. The number of hydrogen-bond acceptors (Lipinski definition) is 6. The molecule has 4 aromatic carbocycles. The van der Waals surface area contributed by atoms with Crippen LogP contribution in [0.4, 0.5) is 10.1 Å². The number of carbonyl (C=O) groups is 2. The zero-order valence-electron chi connectivity index (χ0n) is 26.8. The van der Waals surface area contributed by atoms with Crippen LogP contribution in [0.3, 0.4) is 0 Å². The largest absolute Gasteiger partial charge is 0.492 e. The molecule has 0 aliphatic heterocycles. The molecule has 0 heterocycles. The van der Waals surface area contributed by atoms with Crippen molar-refractivity contribution in [3.63, 3.8) is 0 Å². The number of nitrogens with one attached hydrogen (secondary N) is 1. The Balaban J connectivity index is 1.84. The summed E-state index contributed by atoms with van der Waals surface area (Å²) in [6.07, 6.45) is 2.69. The van der Waals surface area contributed by atoms with Crippen molar-refractivity contribution >= 4 is 39.3 Å². The number of hydrogen-bond donors (Lipinski definition) is 1. The van der Waals surface area contributed by atoms with Gasteiger partial charge in [-0.05, 0) is 67.6 Å². The number of para-hydroxylation sites is 2. The van der Waals surface area contributed by atoms with Crippen molar-refractivity contribution in [2.45, 2.75) is 49.1 Å². The number of amides is 2. The Labute approximate surface area is 281 Å². The van der Waals surface area contributed by atoms with Crippen LogP contribution in [0.5, 0.6) is 5.75 Å². The zero-order valence-corrected chi connectivity index (χ0v) is 28.4. The van der Waals surface area contributed by atoms with Gasteiger partial charge in [0.15, 0.2) is 0 Å². The Bertz CT molecular complexity index is 1740. The lowest BCUT2D eigenvalue weighted by Crippen LogP contribution is -2.53. The molecule has 11 heteroatoms. The molecule has 0 bridgehead atoms. The van der Waals surface area contributed by atoms with Crippen LogP contribution in [0.1, 0.15) is 31.4 Å². The molecule has 1 atom stereocenters.